The summed E-state index contributed by atoms with van der Waals surface area (Å²) in [6.45, 7) is 6.12. The molecule has 4 heteroatoms. The van der Waals surface area contributed by atoms with E-state index < -0.39 is 0 Å². The van der Waals surface area contributed by atoms with Crippen molar-refractivity contribution in [3.8, 4) is 0 Å². The topological polar surface area (TPSA) is 41.1 Å². The summed E-state index contributed by atoms with van der Waals surface area (Å²) in [7, 11) is 0. The van der Waals surface area contributed by atoms with Crippen molar-refractivity contribution in [1.29, 1.82) is 0 Å². The molecule has 1 aromatic heterocycles. The number of nitrogens with one attached hydrogen (secondary N) is 1. The number of aromatic nitrogens is 2. The van der Waals surface area contributed by atoms with Gasteiger partial charge >= 0.3 is 0 Å². The van der Waals surface area contributed by atoms with Gasteiger partial charge in [-0.1, -0.05) is 0 Å². The lowest BCUT2D eigenvalue weighted by molar-refractivity contribution is 0.804. The molecule has 1 saturated carbocycles. The highest BCUT2D eigenvalue weighted by Gasteiger charge is 2.29. The van der Waals surface area contributed by atoms with Crippen molar-refractivity contribution in [2.24, 2.45) is 0 Å². The summed E-state index contributed by atoms with van der Waals surface area (Å²) in [5, 5.41) is 3.19. The van der Waals surface area contributed by atoms with E-state index >= 15 is 0 Å². The van der Waals surface area contributed by atoms with Gasteiger partial charge < -0.3 is 10.2 Å². The van der Waals surface area contributed by atoms with Gasteiger partial charge in [0, 0.05) is 19.1 Å². The highest BCUT2D eigenvalue weighted by Crippen LogP contribution is 2.30. The molecule has 0 unspecified atom stereocenters. The van der Waals surface area contributed by atoms with Crippen LogP contribution in [0, 0.1) is 0 Å². The normalized spacial score (nSPS) is 15.1. The summed E-state index contributed by atoms with van der Waals surface area (Å²) in [5.74, 6) is 1.87. The van der Waals surface area contributed by atoms with E-state index in [0.717, 1.165) is 24.7 Å². The predicted octanol–water partition coefficient (Wildman–Crippen LogP) is 1.90. The smallest absolute Gasteiger partial charge is 0.149 e. The predicted molar refractivity (Wildman–Crippen MR) is 62.2 cm³/mol. The molecule has 0 spiro atoms. The van der Waals surface area contributed by atoms with E-state index in [1.807, 2.05) is 6.20 Å². The van der Waals surface area contributed by atoms with Crippen LogP contribution >= 0.6 is 0 Å². The summed E-state index contributed by atoms with van der Waals surface area (Å²) < 4.78 is 0. The Morgan fingerprint density at radius 2 is 2.20 bits per heavy atom. The summed E-state index contributed by atoms with van der Waals surface area (Å²) in [6, 6.07) is 0.696. The molecule has 0 aromatic carbocycles. The van der Waals surface area contributed by atoms with E-state index in [1.165, 1.54) is 12.8 Å². The lowest BCUT2D eigenvalue weighted by Crippen LogP contribution is -2.26. The van der Waals surface area contributed by atoms with E-state index in [-0.39, 0.29) is 0 Å². The second-order valence-corrected chi connectivity index (χ2v) is 3.81. The lowest BCUT2D eigenvalue weighted by atomic mass is 10.4. The SMILES string of the molecule is CCNc1cncc(N(CC)C2CC2)n1. The minimum Gasteiger partial charge on any atom is -0.369 e. The van der Waals surface area contributed by atoms with Gasteiger partial charge in [-0.15, -0.1) is 0 Å². The Morgan fingerprint density at radius 3 is 2.80 bits per heavy atom. The number of hydrogen-bond donors (Lipinski definition) is 1. The maximum absolute atomic E-state index is 4.55. The first-order valence-electron chi connectivity index (χ1n) is 5.67. The molecule has 1 aliphatic rings. The van der Waals surface area contributed by atoms with Crippen LogP contribution in [0.3, 0.4) is 0 Å². The van der Waals surface area contributed by atoms with Gasteiger partial charge in [0.15, 0.2) is 0 Å². The molecule has 0 aliphatic heterocycles. The quantitative estimate of drug-likeness (QED) is 0.799. The first kappa shape index (κ1) is 10.2. The van der Waals surface area contributed by atoms with Crippen LogP contribution in [0.5, 0.6) is 0 Å². The third-order valence-electron chi connectivity index (χ3n) is 2.60. The van der Waals surface area contributed by atoms with Crippen molar-refractivity contribution < 1.29 is 0 Å². The van der Waals surface area contributed by atoms with Crippen LogP contribution in [0.1, 0.15) is 26.7 Å². The average Bonchev–Trinajstić information content (AvgIpc) is 3.04. The molecule has 1 N–H and O–H groups in total. The first-order valence-corrected chi connectivity index (χ1v) is 5.67. The zero-order chi connectivity index (χ0) is 10.7. The minimum atomic E-state index is 0.696. The number of anilines is 2. The molecule has 0 amide bonds. The molecule has 2 rings (SSSR count). The van der Waals surface area contributed by atoms with Gasteiger partial charge in [-0.2, -0.15) is 0 Å². The second kappa shape index (κ2) is 4.47. The van der Waals surface area contributed by atoms with Crippen LogP contribution in [-0.2, 0) is 0 Å². The van der Waals surface area contributed by atoms with Crippen LogP contribution in [0.25, 0.3) is 0 Å². The van der Waals surface area contributed by atoms with Crippen LogP contribution < -0.4 is 10.2 Å². The molecular formula is C11H18N4. The van der Waals surface area contributed by atoms with Gasteiger partial charge in [-0.3, -0.25) is 4.98 Å². The first-order chi connectivity index (χ1) is 7.35. The summed E-state index contributed by atoms with van der Waals surface area (Å²) >= 11 is 0. The van der Waals surface area contributed by atoms with Crippen molar-refractivity contribution in [2.45, 2.75) is 32.7 Å². The van der Waals surface area contributed by atoms with E-state index in [0.29, 0.717) is 6.04 Å². The molecule has 1 heterocycles. The largest absolute Gasteiger partial charge is 0.369 e. The molecule has 1 aromatic rings. The second-order valence-electron chi connectivity index (χ2n) is 3.81. The fourth-order valence-corrected chi connectivity index (χ4v) is 1.75. The third-order valence-corrected chi connectivity index (χ3v) is 2.60. The molecule has 1 fully saturated rings. The van der Waals surface area contributed by atoms with Crippen molar-refractivity contribution >= 4 is 11.6 Å². The minimum absolute atomic E-state index is 0.696. The number of hydrogen-bond acceptors (Lipinski definition) is 4. The molecule has 0 atom stereocenters. The van der Waals surface area contributed by atoms with Crippen molar-refractivity contribution in [1.82, 2.24) is 9.97 Å². The van der Waals surface area contributed by atoms with Crippen molar-refractivity contribution in [3.05, 3.63) is 12.4 Å². The Balaban J connectivity index is 2.14. The highest BCUT2D eigenvalue weighted by molar-refractivity contribution is 5.45. The monoisotopic (exact) mass is 206 g/mol. The Labute approximate surface area is 90.7 Å². The van der Waals surface area contributed by atoms with E-state index in [9.17, 15) is 0 Å². The van der Waals surface area contributed by atoms with Crippen LogP contribution in [0.15, 0.2) is 12.4 Å². The maximum Gasteiger partial charge on any atom is 0.149 e. The molecule has 0 saturated heterocycles. The molecule has 4 nitrogen and oxygen atoms in total. The molecule has 1 aliphatic carbocycles. The van der Waals surface area contributed by atoms with Crippen molar-refractivity contribution in [2.75, 3.05) is 23.3 Å². The van der Waals surface area contributed by atoms with Crippen molar-refractivity contribution in [3.63, 3.8) is 0 Å². The summed E-state index contributed by atoms with van der Waals surface area (Å²) in [5.41, 5.74) is 0. The van der Waals surface area contributed by atoms with Gasteiger partial charge in [0.05, 0.1) is 12.4 Å². The molecule has 0 radical (unpaired) electrons. The maximum atomic E-state index is 4.55. The summed E-state index contributed by atoms with van der Waals surface area (Å²) in [6.07, 6.45) is 6.21. The van der Waals surface area contributed by atoms with Gasteiger partial charge in [0.1, 0.15) is 11.6 Å². The Morgan fingerprint density at radius 1 is 1.40 bits per heavy atom. The molecule has 0 bridgehead atoms. The molecule has 82 valence electrons. The standard InChI is InChI=1S/C11H18N4/c1-3-13-10-7-12-8-11(14-10)15(4-2)9-5-6-9/h7-9H,3-6H2,1-2H3,(H,13,14). The number of rotatable bonds is 5. The van der Waals surface area contributed by atoms with Gasteiger partial charge in [-0.05, 0) is 26.7 Å². The fraction of sp³-hybridized carbons (Fsp3) is 0.636. The van der Waals surface area contributed by atoms with Gasteiger partial charge in [0.25, 0.3) is 0 Å². The van der Waals surface area contributed by atoms with Gasteiger partial charge in [0.2, 0.25) is 0 Å². The van der Waals surface area contributed by atoms with Crippen LogP contribution in [0.2, 0.25) is 0 Å². The third kappa shape index (κ3) is 2.37. The highest BCUT2D eigenvalue weighted by atomic mass is 15.2. The summed E-state index contributed by atoms with van der Waals surface area (Å²) in [4.78, 5) is 11.1. The zero-order valence-corrected chi connectivity index (χ0v) is 9.40. The molecular weight excluding hydrogens is 188 g/mol. The zero-order valence-electron chi connectivity index (χ0n) is 9.40. The van der Waals surface area contributed by atoms with E-state index in [1.54, 1.807) is 6.20 Å². The fourth-order valence-electron chi connectivity index (χ4n) is 1.75. The lowest BCUT2D eigenvalue weighted by Gasteiger charge is -2.21. The van der Waals surface area contributed by atoms with Gasteiger partial charge in [-0.25, -0.2) is 4.98 Å². The van der Waals surface area contributed by atoms with Crippen LogP contribution in [-0.4, -0.2) is 29.1 Å². The van der Waals surface area contributed by atoms with Crippen LogP contribution in [0.4, 0.5) is 11.6 Å². The Hall–Kier alpha value is -1.32. The van der Waals surface area contributed by atoms with E-state index in [2.05, 4.69) is 34.0 Å². The average molecular weight is 206 g/mol. The Bertz CT molecular complexity index is 322. The molecule has 15 heavy (non-hydrogen) atoms. The number of nitrogens with zero attached hydrogens (tertiary/aromatic N) is 3. The Kier molecular flexibility index (Phi) is 3.04. The van der Waals surface area contributed by atoms with E-state index in [4.69, 9.17) is 0 Å².